The predicted molar refractivity (Wildman–Crippen MR) is 162 cm³/mol. The Morgan fingerprint density at radius 1 is 0.703 bits per heavy atom. The van der Waals surface area contributed by atoms with Gasteiger partial charge in [0.25, 0.3) is 8.32 Å². The van der Waals surface area contributed by atoms with Gasteiger partial charge in [-0.3, -0.25) is 4.98 Å². The van der Waals surface area contributed by atoms with Crippen molar-refractivity contribution < 1.29 is 4.43 Å². The van der Waals surface area contributed by atoms with Gasteiger partial charge in [-0.25, -0.2) is 0 Å². The highest BCUT2D eigenvalue weighted by atomic mass is 28.4. The zero-order valence-electron chi connectivity index (χ0n) is 23.8. The van der Waals surface area contributed by atoms with Crippen LogP contribution in [0.4, 0.5) is 0 Å². The second-order valence-electron chi connectivity index (χ2n) is 11.8. The first-order chi connectivity index (χ1) is 17.9. The van der Waals surface area contributed by atoms with Crippen molar-refractivity contribution in [1.29, 1.82) is 0 Å². The van der Waals surface area contributed by atoms with Crippen molar-refractivity contribution >= 4 is 18.7 Å². The van der Waals surface area contributed by atoms with Crippen LogP contribution in [0.3, 0.4) is 0 Å². The maximum atomic E-state index is 7.09. The molecule has 0 saturated carbocycles. The van der Waals surface area contributed by atoms with E-state index in [-0.39, 0.29) is 5.04 Å². The largest absolute Gasteiger partial charge is 0.407 e. The quantitative estimate of drug-likeness (QED) is 0.141. The summed E-state index contributed by atoms with van der Waals surface area (Å²) in [5.74, 6) is 0.706. The molecule has 0 fully saturated rings. The topological polar surface area (TPSA) is 22.1 Å². The molecule has 2 aromatic carbocycles. The molecule has 200 valence electrons. The van der Waals surface area contributed by atoms with Crippen LogP contribution in [-0.2, 0) is 10.8 Å². The molecule has 0 amide bonds. The third kappa shape index (κ3) is 8.93. The second kappa shape index (κ2) is 15.2. The summed E-state index contributed by atoms with van der Waals surface area (Å²) in [5.41, 5.74) is 1.37. The van der Waals surface area contributed by atoms with Gasteiger partial charge in [-0.15, -0.1) is 0 Å². The number of aryl methyl sites for hydroxylation is 1. The molecule has 1 atom stereocenters. The second-order valence-corrected chi connectivity index (χ2v) is 16.1. The molecule has 37 heavy (non-hydrogen) atoms. The Bertz CT molecular complexity index is 945. The zero-order chi connectivity index (χ0) is 26.4. The van der Waals surface area contributed by atoms with Crippen LogP contribution in [0.5, 0.6) is 0 Å². The van der Waals surface area contributed by atoms with Crippen LogP contribution >= 0.6 is 0 Å². The molecule has 2 nitrogen and oxygen atoms in total. The third-order valence-electron chi connectivity index (χ3n) is 7.73. The van der Waals surface area contributed by atoms with Gasteiger partial charge in [-0.1, -0.05) is 139 Å². The molecule has 0 aliphatic heterocycles. The summed E-state index contributed by atoms with van der Waals surface area (Å²) in [6, 6.07) is 26.3. The summed E-state index contributed by atoms with van der Waals surface area (Å²) in [6.07, 6.45) is 16.9. The molecule has 0 N–H and O–H groups in total. The van der Waals surface area contributed by atoms with E-state index >= 15 is 0 Å². The van der Waals surface area contributed by atoms with E-state index in [1.54, 1.807) is 0 Å². The van der Waals surface area contributed by atoms with Crippen molar-refractivity contribution in [2.75, 3.05) is 6.61 Å². The summed E-state index contributed by atoms with van der Waals surface area (Å²) in [4.78, 5) is 4.21. The van der Waals surface area contributed by atoms with Gasteiger partial charge in [0.2, 0.25) is 0 Å². The molecule has 1 heterocycles. The van der Waals surface area contributed by atoms with E-state index in [0.29, 0.717) is 5.92 Å². The Morgan fingerprint density at radius 3 is 1.81 bits per heavy atom. The van der Waals surface area contributed by atoms with E-state index < -0.39 is 8.32 Å². The molecule has 3 rings (SSSR count). The molecule has 3 heteroatoms. The van der Waals surface area contributed by atoms with Gasteiger partial charge in [0.15, 0.2) is 0 Å². The van der Waals surface area contributed by atoms with Crippen LogP contribution in [0.15, 0.2) is 85.2 Å². The standard InChI is InChI=1S/C34H49NOSi/c1-30(19-12-8-6-5-7-9-13-20-31-21-18-27-35-29-31)26-28-36-37(34(2,3)4,32-22-14-10-15-23-32)33-24-16-11-17-25-33/h10-11,14-18,21-25,27,29-30H,5-9,12-13,19-20,26,28H2,1-4H3/t30-/m0/s1. The molecule has 0 unspecified atom stereocenters. The Labute approximate surface area is 228 Å². The molecule has 0 spiro atoms. The minimum atomic E-state index is -2.40. The summed E-state index contributed by atoms with van der Waals surface area (Å²) in [5, 5.41) is 2.81. The number of aromatic nitrogens is 1. The molecule has 0 saturated heterocycles. The summed E-state index contributed by atoms with van der Waals surface area (Å²) < 4.78 is 7.09. The summed E-state index contributed by atoms with van der Waals surface area (Å²) in [7, 11) is -2.40. The van der Waals surface area contributed by atoms with Crippen molar-refractivity contribution in [3.63, 3.8) is 0 Å². The molecule has 1 aromatic heterocycles. The lowest BCUT2D eigenvalue weighted by Gasteiger charge is -2.43. The fourth-order valence-corrected chi connectivity index (χ4v) is 10.2. The lowest BCUT2D eigenvalue weighted by molar-refractivity contribution is 0.262. The zero-order valence-corrected chi connectivity index (χ0v) is 24.8. The molecule has 0 aliphatic rings. The lowest BCUT2D eigenvalue weighted by atomic mass is 9.99. The van der Waals surface area contributed by atoms with Gasteiger partial charge < -0.3 is 4.43 Å². The highest BCUT2D eigenvalue weighted by Crippen LogP contribution is 2.37. The van der Waals surface area contributed by atoms with Crippen molar-refractivity contribution in [1.82, 2.24) is 4.98 Å². The minimum Gasteiger partial charge on any atom is -0.407 e. The van der Waals surface area contributed by atoms with E-state index in [1.165, 1.54) is 73.7 Å². The van der Waals surface area contributed by atoms with Crippen molar-refractivity contribution in [3.05, 3.63) is 90.8 Å². The molecule has 0 radical (unpaired) electrons. The van der Waals surface area contributed by atoms with Crippen LogP contribution in [0.25, 0.3) is 0 Å². The fourth-order valence-electron chi connectivity index (χ4n) is 5.57. The van der Waals surface area contributed by atoms with Gasteiger partial charge >= 0.3 is 0 Å². The number of unbranched alkanes of at least 4 members (excludes halogenated alkanes) is 6. The van der Waals surface area contributed by atoms with E-state index in [2.05, 4.69) is 99.4 Å². The Balaban J connectivity index is 1.39. The van der Waals surface area contributed by atoms with Gasteiger partial charge in [0.1, 0.15) is 0 Å². The van der Waals surface area contributed by atoms with E-state index in [0.717, 1.165) is 13.0 Å². The maximum Gasteiger partial charge on any atom is 0.261 e. The van der Waals surface area contributed by atoms with E-state index in [1.807, 2.05) is 18.5 Å². The smallest absolute Gasteiger partial charge is 0.261 e. The van der Waals surface area contributed by atoms with Crippen LogP contribution in [0.1, 0.15) is 91.0 Å². The minimum absolute atomic E-state index is 0.0525. The fraction of sp³-hybridized carbons (Fsp3) is 0.500. The Kier molecular flexibility index (Phi) is 12.1. The molecule has 3 aromatic rings. The number of nitrogens with zero attached hydrogens (tertiary/aromatic N) is 1. The lowest BCUT2D eigenvalue weighted by Crippen LogP contribution is -2.66. The number of benzene rings is 2. The normalized spacial score (nSPS) is 13.0. The van der Waals surface area contributed by atoms with Crippen molar-refractivity contribution in [2.45, 2.75) is 96.9 Å². The molecule has 0 aliphatic carbocycles. The van der Waals surface area contributed by atoms with Crippen LogP contribution in [-0.4, -0.2) is 19.9 Å². The first-order valence-electron chi connectivity index (χ1n) is 14.6. The maximum absolute atomic E-state index is 7.09. The summed E-state index contributed by atoms with van der Waals surface area (Å²) >= 11 is 0. The summed E-state index contributed by atoms with van der Waals surface area (Å²) in [6.45, 7) is 10.3. The average molecular weight is 516 g/mol. The van der Waals surface area contributed by atoms with Gasteiger partial charge in [0, 0.05) is 19.0 Å². The Hall–Kier alpha value is -2.23. The van der Waals surface area contributed by atoms with Crippen molar-refractivity contribution in [2.24, 2.45) is 5.92 Å². The number of rotatable bonds is 16. The highest BCUT2D eigenvalue weighted by molar-refractivity contribution is 6.99. The third-order valence-corrected chi connectivity index (χ3v) is 12.8. The van der Waals surface area contributed by atoms with E-state index in [9.17, 15) is 0 Å². The Morgan fingerprint density at radius 2 is 1.27 bits per heavy atom. The van der Waals surface area contributed by atoms with Gasteiger partial charge in [-0.2, -0.15) is 0 Å². The highest BCUT2D eigenvalue weighted by Gasteiger charge is 2.49. The number of hydrogen-bond acceptors (Lipinski definition) is 2. The molecule has 0 bridgehead atoms. The molecular weight excluding hydrogens is 466 g/mol. The SMILES string of the molecule is C[C@@H](CCCCCCCCCc1cccnc1)CCO[Si](c1ccccc1)(c1ccccc1)C(C)(C)C. The predicted octanol–water partition coefficient (Wildman–Crippen LogP) is 8.35. The van der Waals surface area contributed by atoms with Crippen LogP contribution < -0.4 is 10.4 Å². The van der Waals surface area contributed by atoms with Gasteiger partial charge in [-0.05, 0) is 52.2 Å². The molecular formula is C34H49NOSi. The van der Waals surface area contributed by atoms with E-state index in [4.69, 9.17) is 4.43 Å². The number of hydrogen-bond donors (Lipinski definition) is 0. The van der Waals surface area contributed by atoms with Crippen molar-refractivity contribution in [3.8, 4) is 0 Å². The monoisotopic (exact) mass is 515 g/mol. The van der Waals surface area contributed by atoms with Crippen LogP contribution in [0, 0.1) is 5.92 Å². The first kappa shape index (κ1) is 29.3. The van der Waals surface area contributed by atoms with Gasteiger partial charge in [0.05, 0.1) is 0 Å². The number of pyridine rings is 1. The van der Waals surface area contributed by atoms with Crippen LogP contribution in [0.2, 0.25) is 5.04 Å². The average Bonchev–Trinajstić information content (AvgIpc) is 2.91. The first-order valence-corrected chi connectivity index (χ1v) is 16.5.